The Labute approximate surface area is 118 Å². The predicted molar refractivity (Wildman–Crippen MR) is 76.0 cm³/mol. The van der Waals surface area contributed by atoms with Crippen molar-refractivity contribution in [2.24, 2.45) is 0 Å². The minimum absolute atomic E-state index is 0.102. The third kappa shape index (κ3) is 2.33. The molecule has 0 aliphatic carbocycles. The molecule has 5 nitrogen and oxygen atoms in total. The molecule has 2 aliphatic heterocycles. The van der Waals surface area contributed by atoms with Gasteiger partial charge in [-0.1, -0.05) is 0 Å². The predicted octanol–water partition coefficient (Wildman–Crippen LogP) is 1.97. The molecule has 2 bridgehead atoms. The van der Waals surface area contributed by atoms with Crippen LogP contribution < -0.4 is 10.5 Å². The van der Waals surface area contributed by atoms with Crippen molar-refractivity contribution in [1.29, 1.82) is 0 Å². The number of nitrogen functional groups attached to an aromatic ring is 1. The number of nitrogens with two attached hydrogens (primary N) is 1. The normalized spacial score (nSPS) is 29.4. The van der Waals surface area contributed by atoms with Crippen molar-refractivity contribution in [3.63, 3.8) is 0 Å². The van der Waals surface area contributed by atoms with Crippen molar-refractivity contribution >= 4 is 11.7 Å². The highest BCUT2D eigenvalue weighted by Gasteiger charge is 2.39. The summed E-state index contributed by atoms with van der Waals surface area (Å²) in [6, 6.07) is 5.95. The lowest BCUT2D eigenvalue weighted by atomic mass is 10.0. The van der Waals surface area contributed by atoms with Gasteiger partial charge in [-0.25, -0.2) is 4.79 Å². The van der Waals surface area contributed by atoms with E-state index in [2.05, 4.69) is 11.9 Å². The highest BCUT2D eigenvalue weighted by molar-refractivity contribution is 5.92. The number of hydrogen-bond donors (Lipinski definition) is 2. The van der Waals surface area contributed by atoms with Crippen LogP contribution in [0.25, 0.3) is 0 Å². The van der Waals surface area contributed by atoms with E-state index in [1.807, 2.05) is 0 Å². The molecule has 20 heavy (non-hydrogen) atoms. The summed E-state index contributed by atoms with van der Waals surface area (Å²) in [5.41, 5.74) is 6.24. The van der Waals surface area contributed by atoms with Gasteiger partial charge in [0.1, 0.15) is 17.4 Å². The number of rotatable bonds is 3. The summed E-state index contributed by atoms with van der Waals surface area (Å²) in [7, 11) is 2.17. The number of piperidine rings is 1. The molecular weight excluding hydrogens is 256 g/mol. The zero-order valence-electron chi connectivity index (χ0n) is 11.6. The first-order valence-electron chi connectivity index (χ1n) is 7.06. The summed E-state index contributed by atoms with van der Waals surface area (Å²) in [6.07, 6.45) is 4.47. The third-order valence-corrected chi connectivity index (χ3v) is 4.58. The Balaban J connectivity index is 1.77. The summed E-state index contributed by atoms with van der Waals surface area (Å²) in [4.78, 5) is 13.7. The molecule has 1 aromatic rings. The van der Waals surface area contributed by atoms with Crippen molar-refractivity contribution in [2.45, 2.75) is 43.9 Å². The molecule has 0 radical (unpaired) electrons. The lowest BCUT2D eigenvalue weighted by Crippen LogP contribution is -2.43. The van der Waals surface area contributed by atoms with Gasteiger partial charge in [0.05, 0.1) is 0 Å². The van der Waals surface area contributed by atoms with Gasteiger partial charge < -0.3 is 20.5 Å². The monoisotopic (exact) mass is 276 g/mol. The molecule has 0 saturated carbocycles. The van der Waals surface area contributed by atoms with E-state index in [1.165, 1.54) is 18.9 Å². The quantitative estimate of drug-likeness (QED) is 0.825. The summed E-state index contributed by atoms with van der Waals surface area (Å²) in [6.45, 7) is 0. The molecule has 5 heteroatoms. The van der Waals surface area contributed by atoms with Gasteiger partial charge in [-0.3, -0.25) is 0 Å². The first kappa shape index (κ1) is 13.2. The molecule has 2 heterocycles. The molecule has 0 aromatic heterocycles. The zero-order chi connectivity index (χ0) is 14.3. The number of nitrogens with zero attached hydrogens (tertiary/aromatic N) is 1. The maximum atomic E-state index is 11.3. The topological polar surface area (TPSA) is 75.8 Å². The minimum Gasteiger partial charge on any atom is -0.489 e. The largest absolute Gasteiger partial charge is 0.489 e. The van der Waals surface area contributed by atoms with Crippen LogP contribution in [0.5, 0.6) is 5.75 Å². The number of fused-ring (bicyclic) bond motifs is 2. The maximum Gasteiger partial charge on any atom is 0.339 e. The van der Waals surface area contributed by atoms with Crippen LogP contribution in [0.4, 0.5) is 5.69 Å². The van der Waals surface area contributed by atoms with E-state index in [9.17, 15) is 9.90 Å². The van der Waals surface area contributed by atoms with Gasteiger partial charge in [0.2, 0.25) is 0 Å². The average Bonchev–Trinajstić information content (AvgIpc) is 2.63. The van der Waals surface area contributed by atoms with Gasteiger partial charge in [0.25, 0.3) is 0 Å². The number of ether oxygens (including phenoxy) is 1. The molecule has 2 atom stereocenters. The van der Waals surface area contributed by atoms with Gasteiger partial charge >= 0.3 is 5.97 Å². The van der Waals surface area contributed by atoms with Crippen molar-refractivity contribution < 1.29 is 14.6 Å². The average molecular weight is 276 g/mol. The van der Waals surface area contributed by atoms with Crippen LogP contribution >= 0.6 is 0 Å². The fourth-order valence-corrected chi connectivity index (χ4v) is 3.45. The highest BCUT2D eigenvalue weighted by atomic mass is 16.5. The second-order valence-corrected chi connectivity index (χ2v) is 5.82. The van der Waals surface area contributed by atoms with Gasteiger partial charge in [-0.05, 0) is 50.9 Å². The van der Waals surface area contributed by atoms with E-state index in [0.717, 1.165) is 12.8 Å². The fraction of sp³-hybridized carbons (Fsp3) is 0.533. The van der Waals surface area contributed by atoms with Crippen LogP contribution in [0.15, 0.2) is 18.2 Å². The SMILES string of the molecule is CN1C2CCC1CC(Oc1ccc(N)cc1C(=O)O)C2. The lowest BCUT2D eigenvalue weighted by Gasteiger charge is -2.36. The van der Waals surface area contributed by atoms with Crippen LogP contribution in [0.1, 0.15) is 36.0 Å². The Bertz CT molecular complexity index is 518. The second-order valence-electron chi connectivity index (χ2n) is 5.82. The van der Waals surface area contributed by atoms with Crippen LogP contribution in [0, 0.1) is 0 Å². The molecule has 2 saturated heterocycles. The Hall–Kier alpha value is -1.75. The molecule has 3 rings (SSSR count). The van der Waals surface area contributed by atoms with E-state index in [-0.39, 0.29) is 11.7 Å². The van der Waals surface area contributed by atoms with Crippen molar-refractivity contribution in [3.8, 4) is 5.75 Å². The van der Waals surface area contributed by atoms with E-state index in [1.54, 1.807) is 12.1 Å². The molecule has 3 N–H and O–H groups in total. The van der Waals surface area contributed by atoms with Crippen molar-refractivity contribution in [3.05, 3.63) is 23.8 Å². The minimum atomic E-state index is -0.997. The molecule has 0 spiro atoms. The first-order valence-corrected chi connectivity index (χ1v) is 7.06. The van der Waals surface area contributed by atoms with Crippen molar-refractivity contribution in [1.82, 2.24) is 4.90 Å². The molecule has 2 unspecified atom stereocenters. The number of hydrogen-bond acceptors (Lipinski definition) is 4. The van der Waals surface area contributed by atoms with E-state index in [4.69, 9.17) is 10.5 Å². The zero-order valence-corrected chi connectivity index (χ0v) is 11.6. The standard InChI is InChI=1S/C15H20N2O3/c1-17-10-3-4-11(17)8-12(7-10)20-14-5-2-9(16)6-13(14)15(18)19/h2,5-6,10-12H,3-4,7-8,16H2,1H3,(H,18,19). The molecule has 2 aliphatic rings. The summed E-state index contributed by atoms with van der Waals surface area (Å²) in [5, 5.41) is 9.23. The second kappa shape index (κ2) is 4.98. The maximum absolute atomic E-state index is 11.3. The Morgan fingerprint density at radius 1 is 1.35 bits per heavy atom. The highest BCUT2D eigenvalue weighted by Crippen LogP contribution is 2.36. The van der Waals surface area contributed by atoms with E-state index in [0.29, 0.717) is 23.5 Å². The van der Waals surface area contributed by atoms with Crippen LogP contribution in [0.2, 0.25) is 0 Å². The van der Waals surface area contributed by atoms with Crippen LogP contribution in [0.3, 0.4) is 0 Å². The number of benzene rings is 1. The third-order valence-electron chi connectivity index (χ3n) is 4.58. The molecule has 2 fully saturated rings. The number of anilines is 1. The summed E-state index contributed by atoms with van der Waals surface area (Å²) >= 11 is 0. The summed E-state index contributed by atoms with van der Waals surface area (Å²) < 4.78 is 5.97. The Kier molecular flexibility index (Phi) is 3.30. The molecular formula is C15H20N2O3. The van der Waals surface area contributed by atoms with Gasteiger partial charge in [0.15, 0.2) is 0 Å². The Morgan fingerprint density at radius 3 is 2.60 bits per heavy atom. The van der Waals surface area contributed by atoms with Crippen molar-refractivity contribution in [2.75, 3.05) is 12.8 Å². The first-order chi connectivity index (χ1) is 9.54. The number of carbonyl (C=O) groups is 1. The fourth-order valence-electron chi connectivity index (χ4n) is 3.45. The van der Waals surface area contributed by atoms with Gasteiger partial charge in [0, 0.05) is 17.8 Å². The molecule has 1 aromatic carbocycles. The van der Waals surface area contributed by atoms with Crippen LogP contribution in [-0.2, 0) is 0 Å². The van der Waals surface area contributed by atoms with E-state index >= 15 is 0 Å². The smallest absolute Gasteiger partial charge is 0.339 e. The number of carboxylic acid groups (broad SMARTS) is 1. The van der Waals surface area contributed by atoms with E-state index < -0.39 is 5.97 Å². The number of carboxylic acids is 1. The summed E-state index contributed by atoms with van der Waals surface area (Å²) in [5.74, 6) is -0.566. The molecule has 0 amide bonds. The van der Waals surface area contributed by atoms with Crippen LogP contribution in [-0.4, -0.2) is 41.2 Å². The number of aromatic carboxylic acids is 1. The lowest BCUT2D eigenvalue weighted by molar-refractivity contribution is 0.0606. The Morgan fingerprint density at radius 2 is 2.00 bits per heavy atom. The van der Waals surface area contributed by atoms with Gasteiger partial charge in [-0.2, -0.15) is 0 Å². The molecule has 108 valence electrons. The van der Waals surface area contributed by atoms with Gasteiger partial charge in [-0.15, -0.1) is 0 Å².